The first-order valence-electron chi connectivity index (χ1n) is 8.51. The molecule has 3 rings (SSSR count). The van der Waals surface area contributed by atoms with Crippen LogP contribution in [0.3, 0.4) is 0 Å². The molecule has 9 heteroatoms. The summed E-state index contributed by atoms with van der Waals surface area (Å²) >= 11 is 6.08. The van der Waals surface area contributed by atoms with E-state index in [-0.39, 0.29) is 28.6 Å². The molecule has 2 aliphatic rings. The zero-order valence-electron chi connectivity index (χ0n) is 14.5. The molecule has 1 aliphatic carbocycles. The molecule has 0 saturated heterocycles. The van der Waals surface area contributed by atoms with Crippen LogP contribution in [0.4, 0.5) is 13.2 Å². The molecule has 2 atom stereocenters. The quantitative estimate of drug-likeness (QED) is 0.782. The van der Waals surface area contributed by atoms with E-state index in [0.29, 0.717) is 0 Å². The first-order chi connectivity index (χ1) is 12.7. The van der Waals surface area contributed by atoms with E-state index in [9.17, 15) is 18.0 Å². The molecule has 1 fully saturated rings. The molecule has 0 aromatic heterocycles. The number of nitrogens with zero attached hydrogens (tertiary/aromatic N) is 2. The Morgan fingerprint density at radius 1 is 1.44 bits per heavy atom. The highest BCUT2D eigenvalue weighted by Crippen LogP contribution is 2.33. The van der Waals surface area contributed by atoms with Gasteiger partial charge in [0.05, 0.1) is 11.1 Å². The highest BCUT2D eigenvalue weighted by atomic mass is 35.5. The number of hydrogen-bond donors (Lipinski definition) is 1. The van der Waals surface area contributed by atoms with Crippen LogP contribution in [0.15, 0.2) is 35.5 Å². The Labute approximate surface area is 159 Å². The molecule has 0 bridgehead atoms. The van der Waals surface area contributed by atoms with Crippen molar-refractivity contribution in [3.63, 3.8) is 0 Å². The molecule has 0 spiro atoms. The van der Waals surface area contributed by atoms with Gasteiger partial charge in [0.25, 0.3) is 0 Å². The van der Waals surface area contributed by atoms with Crippen LogP contribution < -0.4 is 10.1 Å². The van der Waals surface area contributed by atoms with Gasteiger partial charge in [0, 0.05) is 18.3 Å². The van der Waals surface area contributed by atoms with Crippen molar-refractivity contribution in [1.29, 1.82) is 0 Å². The van der Waals surface area contributed by atoms with Gasteiger partial charge in [0.2, 0.25) is 5.91 Å². The summed E-state index contributed by atoms with van der Waals surface area (Å²) in [5.41, 5.74) is 0.756. The lowest BCUT2D eigenvalue weighted by molar-refractivity contribution is -0.153. The molecule has 0 radical (unpaired) electrons. The molecule has 1 heterocycles. The highest BCUT2D eigenvalue weighted by Gasteiger charge is 2.33. The van der Waals surface area contributed by atoms with Crippen molar-refractivity contribution in [3.05, 3.63) is 41.1 Å². The lowest BCUT2D eigenvalue weighted by Crippen LogP contribution is -2.47. The number of alkyl halides is 3. The average molecular weight is 402 g/mol. The second-order valence-corrected chi connectivity index (χ2v) is 6.92. The van der Waals surface area contributed by atoms with Gasteiger partial charge in [-0.2, -0.15) is 13.2 Å². The van der Waals surface area contributed by atoms with E-state index in [0.717, 1.165) is 18.4 Å². The second kappa shape index (κ2) is 7.80. The minimum absolute atomic E-state index is 0.0291. The number of ether oxygens (including phenoxy) is 1. The number of rotatable bonds is 6. The fraction of sp³-hybridized carbons (Fsp3) is 0.444. The third-order valence-corrected chi connectivity index (χ3v) is 4.65. The predicted molar refractivity (Wildman–Crippen MR) is 95.5 cm³/mol. The van der Waals surface area contributed by atoms with Crippen molar-refractivity contribution in [2.75, 3.05) is 6.61 Å². The standard InChI is InChI=1S/C18H19ClF3N3O2/c1-11(13-5-6-15(14(19)9-13)27-10-18(20,21)22)25-8-2-7-23-17(25)24-16(26)12-3-4-12/h2,5-9,11-12,17H,3-4,10H2,1H3,(H,24,26). The zero-order valence-corrected chi connectivity index (χ0v) is 15.3. The van der Waals surface area contributed by atoms with Gasteiger partial charge in [0.1, 0.15) is 5.75 Å². The molecule has 1 aromatic rings. The van der Waals surface area contributed by atoms with Crippen molar-refractivity contribution in [1.82, 2.24) is 10.2 Å². The lowest BCUT2D eigenvalue weighted by atomic mass is 10.1. The van der Waals surface area contributed by atoms with E-state index in [1.165, 1.54) is 6.07 Å². The van der Waals surface area contributed by atoms with Gasteiger partial charge in [-0.1, -0.05) is 17.7 Å². The second-order valence-electron chi connectivity index (χ2n) is 6.51. The summed E-state index contributed by atoms with van der Waals surface area (Å²) in [5.74, 6) is -0.00270. The summed E-state index contributed by atoms with van der Waals surface area (Å²) in [6.07, 6.45) is 1.97. The molecule has 5 nitrogen and oxygen atoms in total. The average Bonchev–Trinajstić information content (AvgIpc) is 3.45. The Bertz CT molecular complexity index is 763. The maximum absolute atomic E-state index is 12.3. The fourth-order valence-corrected chi connectivity index (χ4v) is 2.94. The molecule has 27 heavy (non-hydrogen) atoms. The number of halogens is 4. The Morgan fingerprint density at radius 3 is 2.81 bits per heavy atom. The Balaban J connectivity index is 1.70. The molecular formula is C18H19ClF3N3O2. The number of aliphatic imine (C=N–C) groups is 1. The topological polar surface area (TPSA) is 53.9 Å². The molecule has 1 aromatic carbocycles. The SMILES string of the molecule is CC(c1ccc(OCC(F)(F)F)c(Cl)c1)N1C=CC=NC1NC(=O)C1CC1. The molecule has 1 aliphatic heterocycles. The number of benzene rings is 1. The number of carbonyl (C=O) groups excluding carboxylic acids is 1. The van der Waals surface area contributed by atoms with E-state index in [1.807, 2.05) is 11.8 Å². The summed E-state index contributed by atoms with van der Waals surface area (Å²) in [4.78, 5) is 18.2. The van der Waals surface area contributed by atoms with E-state index in [4.69, 9.17) is 16.3 Å². The first kappa shape index (κ1) is 19.5. The lowest BCUT2D eigenvalue weighted by Gasteiger charge is -2.35. The molecule has 1 saturated carbocycles. The van der Waals surface area contributed by atoms with Crippen LogP contribution in [-0.2, 0) is 4.79 Å². The molecule has 2 unspecified atom stereocenters. The Kier molecular flexibility index (Phi) is 5.64. The van der Waals surface area contributed by atoms with Crippen molar-refractivity contribution in [2.45, 2.75) is 38.3 Å². The molecule has 146 valence electrons. The van der Waals surface area contributed by atoms with E-state index in [2.05, 4.69) is 10.3 Å². The summed E-state index contributed by atoms with van der Waals surface area (Å²) < 4.78 is 41.6. The molecule has 1 amide bonds. The Morgan fingerprint density at radius 2 is 2.19 bits per heavy atom. The van der Waals surface area contributed by atoms with Gasteiger partial charge < -0.3 is 15.0 Å². The van der Waals surface area contributed by atoms with Crippen LogP contribution in [0.25, 0.3) is 0 Å². The van der Waals surface area contributed by atoms with Gasteiger partial charge in [-0.25, -0.2) is 4.99 Å². The largest absolute Gasteiger partial charge is 0.483 e. The van der Waals surface area contributed by atoms with E-state index in [1.54, 1.807) is 30.6 Å². The van der Waals surface area contributed by atoms with Crippen molar-refractivity contribution < 1.29 is 22.7 Å². The van der Waals surface area contributed by atoms with Gasteiger partial charge in [-0.3, -0.25) is 4.79 Å². The van der Waals surface area contributed by atoms with Crippen molar-refractivity contribution in [2.24, 2.45) is 10.9 Å². The smallest absolute Gasteiger partial charge is 0.422 e. The zero-order chi connectivity index (χ0) is 19.6. The summed E-state index contributed by atoms with van der Waals surface area (Å²) in [5, 5.41) is 2.99. The van der Waals surface area contributed by atoms with Gasteiger partial charge >= 0.3 is 6.18 Å². The number of allylic oxidation sites excluding steroid dienone is 1. The molecular weight excluding hydrogens is 383 g/mol. The minimum atomic E-state index is -4.43. The first-order valence-corrected chi connectivity index (χ1v) is 8.89. The van der Waals surface area contributed by atoms with Crippen LogP contribution >= 0.6 is 11.6 Å². The van der Waals surface area contributed by atoms with Crippen LogP contribution in [-0.4, -0.2) is 36.1 Å². The van der Waals surface area contributed by atoms with Gasteiger partial charge in [0.15, 0.2) is 12.9 Å². The van der Waals surface area contributed by atoms with Gasteiger partial charge in [-0.05, 0) is 43.5 Å². The van der Waals surface area contributed by atoms with E-state index >= 15 is 0 Å². The summed E-state index contributed by atoms with van der Waals surface area (Å²) in [6, 6.07) is 4.39. The highest BCUT2D eigenvalue weighted by molar-refractivity contribution is 6.32. The Hall–Kier alpha value is -2.22. The van der Waals surface area contributed by atoms with Crippen LogP contribution in [0.5, 0.6) is 5.75 Å². The maximum atomic E-state index is 12.3. The third kappa shape index (κ3) is 5.15. The third-order valence-electron chi connectivity index (χ3n) is 4.35. The van der Waals surface area contributed by atoms with Crippen LogP contribution in [0.2, 0.25) is 5.02 Å². The fourth-order valence-electron chi connectivity index (χ4n) is 2.70. The van der Waals surface area contributed by atoms with E-state index < -0.39 is 19.1 Å². The summed E-state index contributed by atoms with van der Waals surface area (Å²) in [7, 11) is 0. The van der Waals surface area contributed by atoms with Crippen molar-refractivity contribution >= 4 is 23.7 Å². The normalized spacial score (nSPS) is 20.5. The van der Waals surface area contributed by atoms with Crippen LogP contribution in [0, 0.1) is 5.92 Å². The molecule has 1 N–H and O–H groups in total. The summed E-state index contributed by atoms with van der Waals surface area (Å²) in [6.45, 7) is 0.490. The van der Waals surface area contributed by atoms with Crippen LogP contribution in [0.1, 0.15) is 31.4 Å². The monoisotopic (exact) mass is 401 g/mol. The number of hydrogen-bond acceptors (Lipinski definition) is 4. The minimum Gasteiger partial charge on any atom is -0.483 e. The maximum Gasteiger partial charge on any atom is 0.422 e. The number of nitrogens with one attached hydrogen (secondary N) is 1. The number of carbonyl (C=O) groups is 1. The predicted octanol–water partition coefficient (Wildman–Crippen LogP) is 4.05. The van der Waals surface area contributed by atoms with Gasteiger partial charge in [-0.15, -0.1) is 0 Å². The number of amides is 1. The van der Waals surface area contributed by atoms with Crippen molar-refractivity contribution in [3.8, 4) is 5.75 Å².